The van der Waals surface area contributed by atoms with Gasteiger partial charge in [0, 0.05) is 30.0 Å². The van der Waals surface area contributed by atoms with E-state index < -0.39 is 0 Å². The number of nitrogens with two attached hydrogens (primary N) is 1. The molecule has 0 fully saturated rings. The molecule has 24 heavy (non-hydrogen) atoms. The first-order valence-corrected chi connectivity index (χ1v) is 8.23. The van der Waals surface area contributed by atoms with Crippen LogP contribution in [-0.2, 0) is 17.8 Å². The predicted molar refractivity (Wildman–Crippen MR) is 94.2 cm³/mol. The van der Waals surface area contributed by atoms with Crippen molar-refractivity contribution >= 4 is 17.3 Å². The van der Waals surface area contributed by atoms with E-state index in [-0.39, 0.29) is 24.3 Å². The van der Waals surface area contributed by atoms with Crippen molar-refractivity contribution in [3.05, 3.63) is 59.4 Å². The van der Waals surface area contributed by atoms with Gasteiger partial charge in [0.2, 0.25) is 5.91 Å². The van der Waals surface area contributed by atoms with Crippen molar-refractivity contribution in [2.24, 2.45) is 0 Å². The minimum atomic E-state index is -0.336. The van der Waals surface area contributed by atoms with E-state index in [2.05, 4.69) is 10.2 Å². The maximum atomic E-state index is 13.7. The lowest BCUT2D eigenvalue weighted by atomic mass is 9.98. The van der Waals surface area contributed by atoms with Crippen molar-refractivity contribution in [3.8, 4) is 0 Å². The Morgan fingerprint density at radius 3 is 2.88 bits per heavy atom. The van der Waals surface area contributed by atoms with Crippen molar-refractivity contribution < 1.29 is 9.18 Å². The number of benzene rings is 2. The van der Waals surface area contributed by atoms with Crippen LogP contribution < -0.4 is 16.0 Å². The molecule has 1 amide bonds. The summed E-state index contributed by atoms with van der Waals surface area (Å²) in [6, 6.07) is 12.0. The first-order chi connectivity index (χ1) is 11.6. The minimum Gasteiger partial charge on any atom is -0.398 e. The van der Waals surface area contributed by atoms with Gasteiger partial charge < -0.3 is 16.0 Å². The van der Waals surface area contributed by atoms with E-state index in [9.17, 15) is 9.18 Å². The molecular formula is C19H22FN3O. The Morgan fingerprint density at radius 2 is 2.08 bits per heavy atom. The van der Waals surface area contributed by atoms with Crippen LogP contribution in [0.5, 0.6) is 0 Å². The molecule has 1 atom stereocenters. The molecule has 3 N–H and O–H groups in total. The lowest BCUT2D eigenvalue weighted by Crippen LogP contribution is -2.47. The summed E-state index contributed by atoms with van der Waals surface area (Å²) in [6.45, 7) is 2.87. The molecule has 4 nitrogen and oxygen atoms in total. The summed E-state index contributed by atoms with van der Waals surface area (Å²) in [6.07, 6.45) is 1.90. The number of rotatable bonds is 4. The second-order valence-electron chi connectivity index (χ2n) is 6.13. The molecule has 0 bridgehead atoms. The number of anilines is 2. The quantitative estimate of drug-likeness (QED) is 0.849. The van der Waals surface area contributed by atoms with Gasteiger partial charge in [-0.15, -0.1) is 0 Å². The molecule has 0 aliphatic carbocycles. The van der Waals surface area contributed by atoms with Gasteiger partial charge in [-0.1, -0.05) is 24.3 Å². The van der Waals surface area contributed by atoms with Crippen LogP contribution in [-0.4, -0.2) is 18.5 Å². The van der Waals surface area contributed by atoms with E-state index in [1.54, 1.807) is 18.2 Å². The molecule has 0 aromatic heterocycles. The number of nitrogens with zero attached hydrogens (tertiary/aromatic N) is 1. The van der Waals surface area contributed by atoms with Gasteiger partial charge in [-0.3, -0.25) is 4.79 Å². The molecule has 2 aromatic rings. The summed E-state index contributed by atoms with van der Waals surface area (Å²) in [5.41, 5.74) is 9.46. The van der Waals surface area contributed by atoms with E-state index in [1.807, 2.05) is 25.1 Å². The fourth-order valence-corrected chi connectivity index (χ4v) is 3.20. The van der Waals surface area contributed by atoms with E-state index in [1.165, 1.54) is 6.07 Å². The molecule has 0 radical (unpaired) electrons. The number of halogens is 1. The predicted octanol–water partition coefficient (Wildman–Crippen LogP) is 2.87. The number of hydrogen-bond acceptors (Lipinski definition) is 3. The molecule has 1 heterocycles. The number of nitrogens with one attached hydrogen (secondary N) is 1. The van der Waals surface area contributed by atoms with Crippen molar-refractivity contribution in [1.82, 2.24) is 5.32 Å². The topological polar surface area (TPSA) is 58.4 Å². The van der Waals surface area contributed by atoms with Crippen molar-refractivity contribution in [2.45, 2.75) is 32.4 Å². The van der Waals surface area contributed by atoms with Gasteiger partial charge in [0.05, 0.1) is 0 Å². The summed E-state index contributed by atoms with van der Waals surface area (Å²) >= 11 is 0. The van der Waals surface area contributed by atoms with Gasteiger partial charge in [-0.05, 0) is 43.5 Å². The molecule has 1 unspecified atom stereocenters. The molecule has 3 rings (SSSR count). The number of hydrogen-bond donors (Lipinski definition) is 2. The normalized spacial score (nSPS) is 14.8. The maximum absolute atomic E-state index is 13.7. The number of carbonyl (C=O) groups is 1. The van der Waals surface area contributed by atoms with Gasteiger partial charge in [0.15, 0.2) is 0 Å². The molecule has 2 aromatic carbocycles. The Balaban J connectivity index is 1.71. The van der Waals surface area contributed by atoms with Crippen LogP contribution in [0.2, 0.25) is 0 Å². The van der Waals surface area contributed by atoms with Crippen LogP contribution in [0.1, 0.15) is 24.5 Å². The van der Waals surface area contributed by atoms with Crippen LogP contribution in [0.15, 0.2) is 42.5 Å². The summed E-state index contributed by atoms with van der Waals surface area (Å²) in [7, 11) is 0. The second kappa shape index (κ2) is 6.91. The average molecular weight is 327 g/mol. The van der Waals surface area contributed by atoms with Gasteiger partial charge in [0.1, 0.15) is 11.9 Å². The molecule has 0 saturated heterocycles. The summed E-state index contributed by atoms with van der Waals surface area (Å²) in [5.74, 6) is -0.421. The number of carbonyl (C=O) groups excluding carboxylic acids is 1. The highest BCUT2D eigenvalue weighted by Crippen LogP contribution is 2.32. The minimum absolute atomic E-state index is 0.117. The van der Waals surface area contributed by atoms with Crippen LogP contribution >= 0.6 is 0 Å². The SMILES string of the molecule is CC(C(=O)NCc1ccccc1F)N1CCCc2c(N)cccc21. The largest absolute Gasteiger partial charge is 0.398 e. The zero-order valence-electron chi connectivity index (χ0n) is 13.8. The lowest BCUT2D eigenvalue weighted by Gasteiger charge is -2.36. The molecule has 1 aliphatic rings. The zero-order chi connectivity index (χ0) is 17.1. The summed E-state index contributed by atoms with van der Waals surface area (Å²) < 4.78 is 13.7. The highest BCUT2D eigenvalue weighted by Gasteiger charge is 2.26. The van der Waals surface area contributed by atoms with Gasteiger partial charge in [-0.2, -0.15) is 0 Å². The zero-order valence-corrected chi connectivity index (χ0v) is 13.8. The standard InChI is InChI=1S/C19H22FN3O/c1-13(19(24)22-12-14-6-2-3-8-16(14)20)23-11-5-7-15-17(21)9-4-10-18(15)23/h2-4,6,8-10,13H,5,7,11-12,21H2,1H3,(H,22,24). The molecule has 126 valence electrons. The molecular weight excluding hydrogens is 305 g/mol. The summed E-state index contributed by atoms with van der Waals surface area (Å²) in [5, 5.41) is 2.83. The van der Waals surface area contributed by atoms with Gasteiger partial charge in [-0.25, -0.2) is 4.39 Å². The maximum Gasteiger partial charge on any atom is 0.242 e. The molecule has 5 heteroatoms. The highest BCUT2D eigenvalue weighted by molar-refractivity contribution is 5.86. The van der Waals surface area contributed by atoms with E-state index in [4.69, 9.17) is 5.73 Å². The van der Waals surface area contributed by atoms with Crippen molar-refractivity contribution in [3.63, 3.8) is 0 Å². The van der Waals surface area contributed by atoms with E-state index in [0.29, 0.717) is 5.56 Å². The third-order valence-corrected chi connectivity index (χ3v) is 4.58. The van der Waals surface area contributed by atoms with Crippen LogP contribution in [0.25, 0.3) is 0 Å². The van der Waals surface area contributed by atoms with Gasteiger partial charge in [0.25, 0.3) is 0 Å². The Hall–Kier alpha value is -2.56. The molecule has 1 aliphatic heterocycles. The Kier molecular flexibility index (Phi) is 4.69. The van der Waals surface area contributed by atoms with E-state index >= 15 is 0 Å². The average Bonchev–Trinajstić information content (AvgIpc) is 2.60. The first kappa shape index (κ1) is 16.3. The third-order valence-electron chi connectivity index (χ3n) is 4.58. The number of fused-ring (bicyclic) bond motifs is 1. The fraction of sp³-hybridized carbons (Fsp3) is 0.316. The van der Waals surface area contributed by atoms with Crippen molar-refractivity contribution in [1.29, 1.82) is 0 Å². The lowest BCUT2D eigenvalue weighted by molar-refractivity contribution is -0.122. The highest BCUT2D eigenvalue weighted by atomic mass is 19.1. The Morgan fingerprint density at radius 1 is 1.29 bits per heavy atom. The molecule has 0 saturated carbocycles. The Bertz CT molecular complexity index is 747. The monoisotopic (exact) mass is 327 g/mol. The van der Waals surface area contributed by atoms with Crippen LogP contribution in [0.3, 0.4) is 0 Å². The second-order valence-corrected chi connectivity index (χ2v) is 6.13. The van der Waals surface area contributed by atoms with Crippen molar-refractivity contribution in [2.75, 3.05) is 17.2 Å². The third kappa shape index (κ3) is 3.20. The fourth-order valence-electron chi connectivity index (χ4n) is 3.20. The number of nitrogen functional groups attached to an aromatic ring is 1. The van der Waals surface area contributed by atoms with Crippen LogP contribution in [0.4, 0.5) is 15.8 Å². The summed E-state index contributed by atoms with van der Waals surface area (Å²) in [4.78, 5) is 14.6. The first-order valence-electron chi connectivity index (χ1n) is 8.23. The van der Waals surface area contributed by atoms with Gasteiger partial charge >= 0.3 is 0 Å². The van der Waals surface area contributed by atoms with Crippen LogP contribution in [0, 0.1) is 5.82 Å². The Labute approximate surface area is 141 Å². The number of amides is 1. The van der Waals surface area contributed by atoms with E-state index in [0.717, 1.165) is 36.3 Å². The molecule has 0 spiro atoms. The smallest absolute Gasteiger partial charge is 0.242 e.